The Labute approximate surface area is 157 Å². The number of fused-ring (bicyclic) bond motifs is 1. The molecule has 1 unspecified atom stereocenters. The normalized spacial score (nSPS) is 12.7. The van der Waals surface area contributed by atoms with Crippen molar-refractivity contribution in [1.82, 2.24) is 9.66 Å². The summed E-state index contributed by atoms with van der Waals surface area (Å²) in [4.78, 5) is 30.0. The molecule has 6 nitrogen and oxygen atoms in total. The predicted molar refractivity (Wildman–Crippen MR) is 105 cm³/mol. The Kier molecular flexibility index (Phi) is 5.10. The van der Waals surface area contributed by atoms with Crippen molar-refractivity contribution in [3.63, 3.8) is 0 Å². The SMILES string of the molecule is CC(C)(C)C(=O)Nn1c(CC(O)c2ccccc2)nc2ccccc2c1=O. The molecule has 140 valence electrons. The number of hydrogen-bond acceptors (Lipinski definition) is 4. The van der Waals surface area contributed by atoms with Crippen LogP contribution in [0.5, 0.6) is 0 Å². The summed E-state index contributed by atoms with van der Waals surface area (Å²) in [5, 5.41) is 11.0. The number of carbonyl (C=O) groups excluding carboxylic acids is 1. The van der Waals surface area contributed by atoms with Gasteiger partial charge in [0.2, 0.25) is 5.91 Å². The van der Waals surface area contributed by atoms with Gasteiger partial charge in [0.1, 0.15) is 5.82 Å². The van der Waals surface area contributed by atoms with Gasteiger partial charge in [-0.25, -0.2) is 9.66 Å². The first-order valence-electron chi connectivity index (χ1n) is 8.82. The molecule has 3 rings (SSSR count). The van der Waals surface area contributed by atoms with E-state index in [9.17, 15) is 14.7 Å². The van der Waals surface area contributed by atoms with E-state index in [1.165, 1.54) is 0 Å². The Morgan fingerprint density at radius 3 is 2.41 bits per heavy atom. The zero-order valence-corrected chi connectivity index (χ0v) is 15.6. The number of aromatic nitrogens is 2. The van der Waals surface area contributed by atoms with Gasteiger partial charge in [-0.2, -0.15) is 0 Å². The molecule has 6 heteroatoms. The van der Waals surface area contributed by atoms with E-state index in [0.717, 1.165) is 4.68 Å². The monoisotopic (exact) mass is 365 g/mol. The molecule has 0 bridgehead atoms. The number of para-hydroxylation sites is 1. The molecule has 0 saturated carbocycles. The van der Waals surface area contributed by atoms with Crippen LogP contribution >= 0.6 is 0 Å². The zero-order valence-electron chi connectivity index (χ0n) is 15.6. The highest BCUT2D eigenvalue weighted by atomic mass is 16.3. The fourth-order valence-corrected chi connectivity index (χ4v) is 2.67. The predicted octanol–water partition coefficient (Wildman–Crippen LogP) is 2.79. The lowest BCUT2D eigenvalue weighted by Gasteiger charge is -2.21. The van der Waals surface area contributed by atoms with Gasteiger partial charge in [-0.3, -0.25) is 15.0 Å². The molecule has 0 aliphatic carbocycles. The average Bonchev–Trinajstić information content (AvgIpc) is 2.64. The smallest absolute Gasteiger partial charge is 0.280 e. The molecule has 27 heavy (non-hydrogen) atoms. The van der Waals surface area contributed by atoms with Crippen molar-refractivity contribution in [2.45, 2.75) is 33.3 Å². The van der Waals surface area contributed by atoms with Crippen LogP contribution in [0.2, 0.25) is 0 Å². The van der Waals surface area contributed by atoms with Crippen molar-refractivity contribution in [1.29, 1.82) is 0 Å². The molecular formula is C21H23N3O3. The van der Waals surface area contributed by atoms with Crippen LogP contribution in [-0.4, -0.2) is 20.7 Å². The number of hydrogen-bond donors (Lipinski definition) is 2. The summed E-state index contributed by atoms with van der Waals surface area (Å²) in [7, 11) is 0. The Morgan fingerprint density at radius 1 is 1.11 bits per heavy atom. The van der Waals surface area contributed by atoms with Gasteiger partial charge in [0, 0.05) is 11.8 Å². The lowest BCUT2D eigenvalue weighted by molar-refractivity contribution is -0.124. The Morgan fingerprint density at radius 2 is 1.74 bits per heavy atom. The first-order valence-corrected chi connectivity index (χ1v) is 8.82. The van der Waals surface area contributed by atoms with E-state index in [-0.39, 0.29) is 17.9 Å². The van der Waals surface area contributed by atoms with Crippen molar-refractivity contribution in [2.75, 3.05) is 5.43 Å². The molecule has 1 heterocycles. The van der Waals surface area contributed by atoms with Gasteiger partial charge in [-0.15, -0.1) is 0 Å². The van der Waals surface area contributed by atoms with Crippen LogP contribution in [-0.2, 0) is 11.2 Å². The Bertz CT molecular complexity index is 1020. The van der Waals surface area contributed by atoms with Crippen LogP contribution in [0.1, 0.15) is 38.3 Å². The molecule has 1 atom stereocenters. The third kappa shape index (κ3) is 4.06. The standard InChI is InChI=1S/C21H23N3O3/c1-21(2,3)20(27)23-24-18(13-17(25)14-9-5-4-6-10-14)22-16-12-8-7-11-15(16)19(24)26/h4-12,17,25H,13H2,1-3H3,(H,23,27). The Balaban J connectivity index is 2.07. The molecule has 0 spiro atoms. The maximum atomic E-state index is 13.0. The maximum Gasteiger partial charge on any atom is 0.280 e. The second kappa shape index (κ2) is 7.32. The quantitative estimate of drug-likeness (QED) is 0.745. The van der Waals surface area contributed by atoms with Crippen molar-refractivity contribution in [3.8, 4) is 0 Å². The van der Waals surface area contributed by atoms with Crippen LogP contribution in [0.3, 0.4) is 0 Å². The molecule has 3 aromatic rings. The molecule has 0 aliphatic heterocycles. The summed E-state index contributed by atoms with van der Waals surface area (Å²) in [5.41, 5.74) is 2.86. The number of nitrogens with one attached hydrogen (secondary N) is 1. The number of aliphatic hydroxyl groups excluding tert-OH is 1. The van der Waals surface area contributed by atoms with Crippen LogP contribution in [0, 0.1) is 5.41 Å². The molecule has 1 amide bonds. The van der Waals surface area contributed by atoms with Crippen molar-refractivity contribution < 1.29 is 9.90 Å². The summed E-state index contributed by atoms with van der Waals surface area (Å²) in [5.74, 6) is -0.00946. The van der Waals surface area contributed by atoms with Crippen molar-refractivity contribution in [3.05, 3.63) is 76.3 Å². The molecule has 2 aromatic carbocycles. The molecule has 2 N–H and O–H groups in total. The minimum Gasteiger partial charge on any atom is -0.388 e. The summed E-state index contributed by atoms with van der Waals surface area (Å²) in [6.07, 6.45) is -0.758. The number of carbonyl (C=O) groups is 1. The highest BCUT2D eigenvalue weighted by Gasteiger charge is 2.24. The second-order valence-electron chi connectivity index (χ2n) is 7.51. The van der Waals surface area contributed by atoms with Crippen molar-refractivity contribution >= 4 is 16.8 Å². The number of benzene rings is 2. The lowest BCUT2D eigenvalue weighted by atomic mass is 9.96. The van der Waals surface area contributed by atoms with Crippen LogP contribution < -0.4 is 11.0 Å². The van der Waals surface area contributed by atoms with Crippen LogP contribution in [0.15, 0.2) is 59.4 Å². The van der Waals surface area contributed by atoms with E-state index in [0.29, 0.717) is 22.3 Å². The average molecular weight is 365 g/mol. The summed E-state index contributed by atoms with van der Waals surface area (Å²) >= 11 is 0. The lowest BCUT2D eigenvalue weighted by Crippen LogP contribution is -2.41. The Hall–Kier alpha value is -2.99. The third-order valence-corrected chi connectivity index (χ3v) is 4.30. The van der Waals surface area contributed by atoms with E-state index >= 15 is 0 Å². The number of aliphatic hydroxyl groups is 1. The third-order valence-electron chi connectivity index (χ3n) is 4.30. The van der Waals surface area contributed by atoms with Gasteiger partial charge in [0.15, 0.2) is 0 Å². The topological polar surface area (TPSA) is 84.2 Å². The molecule has 0 fully saturated rings. The van der Waals surface area contributed by atoms with Gasteiger partial charge in [-0.05, 0) is 17.7 Å². The molecule has 0 saturated heterocycles. The van der Waals surface area contributed by atoms with Crippen molar-refractivity contribution in [2.24, 2.45) is 5.41 Å². The van der Waals surface area contributed by atoms with Gasteiger partial charge in [-0.1, -0.05) is 63.2 Å². The maximum absolute atomic E-state index is 13.0. The largest absolute Gasteiger partial charge is 0.388 e. The van der Waals surface area contributed by atoms with Crippen LogP contribution in [0.25, 0.3) is 10.9 Å². The van der Waals surface area contributed by atoms with E-state index in [1.807, 2.05) is 30.3 Å². The second-order valence-corrected chi connectivity index (χ2v) is 7.51. The molecule has 1 aromatic heterocycles. The summed E-state index contributed by atoms with van der Waals surface area (Å²) < 4.78 is 1.15. The molecule has 0 aliphatic rings. The van der Waals surface area contributed by atoms with Gasteiger partial charge >= 0.3 is 0 Å². The molecule has 0 radical (unpaired) electrons. The molecular weight excluding hydrogens is 342 g/mol. The first-order chi connectivity index (χ1) is 12.8. The number of nitrogens with zero attached hydrogens (tertiary/aromatic N) is 2. The summed E-state index contributed by atoms with van der Waals surface area (Å²) in [6.45, 7) is 5.29. The summed E-state index contributed by atoms with van der Waals surface area (Å²) in [6, 6.07) is 16.1. The number of rotatable bonds is 4. The van der Waals surface area contributed by atoms with E-state index in [1.54, 1.807) is 45.0 Å². The highest BCUT2D eigenvalue weighted by molar-refractivity contribution is 5.89. The fraction of sp³-hybridized carbons (Fsp3) is 0.286. The van der Waals surface area contributed by atoms with E-state index in [2.05, 4.69) is 10.4 Å². The number of amides is 1. The van der Waals surface area contributed by atoms with Crippen LogP contribution in [0.4, 0.5) is 0 Å². The fourth-order valence-electron chi connectivity index (χ4n) is 2.67. The van der Waals surface area contributed by atoms with Gasteiger partial charge < -0.3 is 5.11 Å². The van der Waals surface area contributed by atoms with Gasteiger partial charge in [0.25, 0.3) is 5.56 Å². The van der Waals surface area contributed by atoms with Gasteiger partial charge in [0.05, 0.1) is 17.0 Å². The minimum atomic E-state index is -0.850. The first kappa shape index (κ1) is 18.8. The van der Waals surface area contributed by atoms with E-state index < -0.39 is 11.5 Å². The minimum absolute atomic E-state index is 0.0918. The zero-order chi connectivity index (χ0) is 19.6. The van der Waals surface area contributed by atoms with E-state index in [4.69, 9.17) is 0 Å². The highest BCUT2D eigenvalue weighted by Crippen LogP contribution is 2.19.